The number of carbonyl (C=O) groups is 2. The molecular formula is C15H22N2O4. The van der Waals surface area contributed by atoms with E-state index in [2.05, 4.69) is 15.0 Å². The molecule has 0 fully saturated rings. The summed E-state index contributed by atoms with van der Waals surface area (Å²) in [6.07, 6.45) is 0.153. The average molecular weight is 294 g/mol. The number of methoxy groups -OCH3 is 1. The Hall–Kier alpha value is -2.11. The highest BCUT2D eigenvalue weighted by Gasteiger charge is 2.25. The first-order chi connectivity index (χ1) is 9.97. The van der Waals surface area contributed by atoms with Crippen molar-refractivity contribution in [3.05, 3.63) is 29.6 Å². The Labute approximate surface area is 124 Å². The van der Waals surface area contributed by atoms with Gasteiger partial charge in [0.2, 0.25) is 0 Å². The van der Waals surface area contributed by atoms with Gasteiger partial charge in [0.15, 0.2) is 0 Å². The molecule has 1 aromatic rings. The molecule has 0 radical (unpaired) electrons. The second kappa shape index (κ2) is 8.24. The van der Waals surface area contributed by atoms with E-state index in [1.165, 1.54) is 7.11 Å². The van der Waals surface area contributed by atoms with Gasteiger partial charge >= 0.3 is 12.1 Å². The number of hydrogen-bond donors (Lipinski definition) is 1. The van der Waals surface area contributed by atoms with E-state index >= 15 is 0 Å². The van der Waals surface area contributed by atoms with Crippen LogP contribution in [0.5, 0.6) is 0 Å². The third kappa shape index (κ3) is 5.41. The molecule has 116 valence electrons. The highest BCUT2D eigenvalue weighted by Crippen LogP contribution is 2.05. The summed E-state index contributed by atoms with van der Waals surface area (Å²) in [5.74, 6) is -0.584. The standard InChI is InChI=1S/C15H22N2O4/c1-5-11-7-6-8-12(16-11)9-21-15(19)17-13(10(2)3)14(18)20-4/h6-8,10,13H,5,9H2,1-4H3,(H,17,19)/t13-/m0/s1. The van der Waals surface area contributed by atoms with E-state index in [4.69, 9.17) is 4.74 Å². The maximum Gasteiger partial charge on any atom is 0.408 e. The molecule has 21 heavy (non-hydrogen) atoms. The van der Waals surface area contributed by atoms with Gasteiger partial charge < -0.3 is 14.8 Å². The molecule has 6 nitrogen and oxygen atoms in total. The van der Waals surface area contributed by atoms with Gasteiger partial charge in [-0.25, -0.2) is 9.59 Å². The summed E-state index contributed by atoms with van der Waals surface area (Å²) in [7, 11) is 1.28. The third-order valence-corrected chi connectivity index (χ3v) is 2.97. The van der Waals surface area contributed by atoms with Gasteiger partial charge in [-0.2, -0.15) is 0 Å². The van der Waals surface area contributed by atoms with Crippen LogP contribution < -0.4 is 5.32 Å². The average Bonchev–Trinajstić information content (AvgIpc) is 2.49. The van der Waals surface area contributed by atoms with Gasteiger partial charge in [0.1, 0.15) is 12.6 Å². The van der Waals surface area contributed by atoms with Crippen molar-refractivity contribution in [2.24, 2.45) is 5.92 Å². The topological polar surface area (TPSA) is 77.5 Å². The number of alkyl carbamates (subject to hydrolysis) is 1. The quantitative estimate of drug-likeness (QED) is 0.813. The molecule has 0 saturated heterocycles. The van der Waals surface area contributed by atoms with Crippen molar-refractivity contribution < 1.29 is 19.1 Å². The molecule has 0 aromatic carbocycles. The van der Waals surface area contributed by atoms with Crippen molar-refractivity contribution in [1.82, 2.24) is 10.3 Å². The molecule has 1 heterocycles. The van der Waals surface area contributed by atoms with Crippen LogP contribution in [0.4, 0.5) is 4.79 Å². The lowest BCUT2D eigenvalue weighted by molar-refractivity contribution is -0.144. The molecular weight excluding hydrogens is 272 g/mol. The van der Waals surface area contributed by atoms with Crippen LogP contribution in [0, 0.1) is 5.92 Å². The second-order valence-corrected chi connectivity index (χ2v) is 4.94. The number of aromatic nitrogens is 1. The van der Waals surface area contributed by atoms with E-state index < -0.39 is 18.1 Å². The normalized spacial score (nSPS) is 11.9. The van der Waals surface area contributed by atoms with Gasteiger partial charge in [-0.1, -0.05) is 26.8 Å². The Morgan fingerprint density at radius 2 is 1.95 bits per heavy atom. The lowest BCUT2D eigenvalue weighted by Crippen LogP contribution is -2.45. The van der Waals surface area contributed by atoms with Crippen LogP contribution in [0.3, 0.4) is 0 Å². The van der Waals surface area contributed by atoms with E-state index in [1.807, 2.05) is 32.9 Å². The molecule has 1 aromatic heterocycles. The van der Waals surface area contributed by atoms with E-state index in [-0.39, 0.29) is 12.5 Å². The summed E-state index contributed by atoms with van der Waals surface area (Å²) in [6.45, 7) is 5.69. The molecule has 0 saturated carbocycles. The number of nitrogens with one attached hydrogen (secondary N) is 1. The highest BCUT2D eigenvalue weighted by atomic mass is 16.6. The Bertz CT molecular complexity index is 488. The Kier molecular flexibility index (Phi) is 6.65. The second-order valence-electron chi connectivity index (χ2n) is 4.94. The molecule has 1 rings (SSSR count). The van der Waals surface area contributed by atoms with Gasteiger partial charge in [-0.15, -0.1) is 0 Å². The van der Waals surface area contributed by atoms with E-state index in [0.29, 0.717) is 5.69 Å². The van der Waals surface area contributed by atoms with Crippen LogP contribution >= 0.6 is 0 Å². The predicted octanol–water partition coefficient (Wildman–Crippen LogP) is 2.07. The van der Waals surface area contributed by atoms with Crippen LogP contribution in [-0.2, 0) is 27.3 Å². The van der Waals surface area contributed by atoms with E-state index in [9.17, 15) is 9.59 Å². The summed E-state index contributed by atoms with van der Waals surface area (Å²) in [4.78, 5) is 27.6. The largest absolute Gasteiger partial charge is 0.467 e. The summed E-state index contributed by atoms with van der Waals surface area (Å²) in [6, 6.07) is 4.84. The van der Waals surface area contributed by atoms with Gasteiger partial charge in [0.05, 0.1) is 12.8 Å². The molecule has 1 atom stereocenters. The first-order valence-electron chi connectivity index (χ1n) is 6.93. The number of aryl methyl sites for hydroxylation is 1. The van der Waals surface area contributed by atoms with Crippen LogP contribution in [0.1, 0.15) is 32.2 Å². The van der Waals surface area contributed by atoms with Crippen molar-refractivity contribution in [2.75, 3.05) is 7.11 Å². The summed E-state index contributed by atoms with van der Waals surface area (Å²) in [5.41, 5.74) is 1.61. The number of esters is 1. The van der Waals surface area contributed by atoms with Crippen LogP contribution in [-0.4, -0.2) is 30.2 Å². The van der Waals surface area contributed by atoms with Crippen molar-refractivity contribution in [3.63, 3.8) is 0 Å². The predicted molar refractivity (Wildman–Crippen MR) is 77.6 cm³/mol. The zero-order chi connectivity index (χ0) is 15.8. The third-order valence-electron chi connectivity index (χ3n) is 2.97. The summed E-state index contributed by atoms with van der Waals surface area (Å²) < 4.78 is 9.73. The fraction of sp³-hybridized carbons (Fsp3) is 0.533. The minimum atomic E-state index is -0.725. The molecule has 0 aliphatic heterocycles. The fourth-order valence-corrected chi connectivity index (χ4v) is 1.74. The molecule has 1 amide bonds. The van der Waals surface area contributed by atoms with E-state index in [1.54, 1.807) is 6.07 Å². The van der Waals surface area contributed by atoms with Crippen LogP contribution in [0.25, 0.3) is 0 Å². The minimum Gasteiger partial charge on any atom is -0.467 e. The number of amides is 1. The summed E-state index contributed by atoms with van der Waals surface area (Å²) >= 11 is 0. The lowest BCUT2D eigenvalue weighted by Gasteiger charge is -2.19. The molecule has 1 N–H and O–H groups in total. The monoisotopic (exact) mass is 294 g/mol. The van der Waals surface area contributed by atoms with Crippen molar-refractivity contribution in [2.45, 2.75) is 39.8 Å². The lowest BCUT2D eigenvalue weighted by atomic mass is 10.1. The number of carbonyl (C=O) groups excluding carboxylic acids is 2. The van der Waals surface area contributed by atoms with E-state index in [0.717, 1.165) is 12.1 Å². The van der Waals surface area contributed by atoms with Gasteiger partial charge in [-0.3, -0.25) is 4.98 Å². The zero-order valence-electron chi connectivity index (χ0n) is 12.9. The first-order valence-corrected chi connectivity index (χ1v) is 6.93. The molecule has 0 aliphatic rings. The summed E-state index contributed by atoms with van der Waals surface area (Å²) in [5, 5.41) is 2.50. The minimum absolute atomic E-state index is 0.0612. The Balaban J connectivity index is 2.54. The molecule has 0 aliphatic carbocycles. The number of rotatable bonds is 6. The fourth-order valence-electron chi connectivity index (χ4n) is 1.74. The van der Waals surface area contributed by atoms with Gasteiger partial charge in [-0.05, 0) is 24.5 Å². The SMILES string of the molecule is CCc1cccc(COC(=O)N[C@H](C(=O)OC)C(C)C)n1. The van der Waals surface area contributed by atoms with Gasteiger partial charge in [0.25, 0.3) is 0 Å². The van der Waals surface area contributed by atoms with Crippen molar-refractivity contribution in [3.8, 4) is 0 Å². The molecule has 6 heteroatoms. The first kappa shape index (κ1) is 16.9. The number of ether oxygens (including phenoxy) is 2. The Morgan fingerprint density at radius 1 is 1.29 bits per heavy atom. The van der Waals surface area contributed by atoms with Crippen LogP contribution in [0.15, 0.2) is 18.2 Å². The number of pyridine rings is 1. The van der Waals surface area contributed by atoms with Gasteiger partial charge in [0, 0.05) is 5.69 Å². The maximum atomic E-state index is 11.7. The smallest absolute Gasteiger partial charge is 0.408 e. The zero-order valence-corrected chi connectivity index (χ0v) is 12.9. The number of hydrogen-bond acceptors (Lipinski definition) is 5. The molecule has 0 bridgehead atoms. The van der Waals surface area contributed by atoms with Crippen molar-refractivity contribution in [1.29, 1.82) is 0 Å². The maximum absolute atomic E-state index is 11.7. The Morgan fingerprint density at radius 3 is 2.52 bits per heavy atom. The van der Waals surface area contributed by atoms with Crippen LogP contribution in [0.2, 0.25) is 0 Å². The molecule has 0 unspecified atom stereocenters. The number of nitrogens with zero attached hydrogens (tertiary/aromatic N) is 1. The highest BCUT2D eigenvalue weighted by molar-refractivity contribution is 5.81. The van der Waals surface area contributed by atoms with Crippen molar-refractivity contribution >= 4 is 12.1 Å². The molecule has 0 spiro atoms.